The fraction of sp³-hybridized carbons (Fsp3) is 0.385. The van der Waals surface area contributed by atoms with E-state index in [9.17, 15) is 0 Å². The van der Waals surface area contributed by atoms with Gasteiger partial charge in [-0.25, -0.2) is 4.98 Å². The molecule has 19 heavy (non-hydrogen) atoms. The molecule has 100 valence electrons. The van der Waals surface area contributed by atoms with Crippen LogP contribution in [0.15, 0.2) is 24.5 Å². The number of nitrogens with one attached hydrogen (secondary N) is 1. The van der Waals surface area contributed by atoms with E-state index in [0.29, 0.717) is 16.0 Å². The van der Waals surface area contributed by atoms with E-state index < -0.39 is 0 Å². The lowest BCUT2D eigenvalue weighted by Gasteiger charge is -2.33. The number of hydrogen-bond donors (Lipinski definition) is 1. The van der Waals surface area contributed by atoms with Crippen LogP contribution in [0.1, 0.15) is 24.5 Å². The summed E-state index contributed by atoms with van der Waals surface area (Å²) >= 11 is 12.1. The highest BCUT2D eigenvalue weighted by molar-refractivity contribution is 6.36. The molecular weight excluding hydrogens is 283 g/mol. The third-order valence-electron chi connectivity index (χ3n) is 3.47. The average molecular weight is 297 g/mol. The first kappa shape index (κ1) is 12.8. The first-order valence-corrected chi connectivity index (χ1v) is 7.05. The molecule has 0 saturated carbocycles. The molecule has 2 aromatic heterocycles. The molecule has 0 radical (unpaired) electrons. The first-order valence-electron chi connectivity index (χ1n) is 6.29. The largest absolute Gasteiger partial charge is 0.355 e. The van der Waals surface area contributed by atoms with E-state index in [-0.39, 0.29) is 0 Å². The number of halogens is 2. The molecule has 3 rings (SSSR count). The number of nitrogens with zero attached hydrogens (tertiary/aromatic N) is 3. The van der Waals surface area contributed by atoms with Crippen LogP contribution in [0.2, 0.25) is 10.0 Å². The Morgan fingerprint density at radius 3 is 3.00 bits per heavy atom. The van der Waals surface area contributed by atoms with Crippen molar-refractivity contribution in [2.24, 2.45) is 0 Å². The van der Waals surface area contributed by atoms with E-state index in [2.05, 4.69) is 20.1 Å². The van der Waals surface area contributed by atoms with Crippen LogP contribution in [0.4, 0.5) is 5.82 Å². The second-order valence-electron chi connectivity index (χ2n) is 4.76. The van der Waals surface area contributed by atoms with Crippen LogP contribution in [-0.2, 0) is 0 Å². The van der Waals surface area contributed by atoms with Crippen molar-refractivity contribution in [1.82, 2.24) is 15.2 Å². The molecule has 1 unspecified atom stereocenters. The monoisotopic (exact) mass is 296 g/mol. The van der Waals surface area contributed by atoms with Gasteiger partial charge in [-0.1, -0.05) is 23.2 Å². The van der Waals surface area contributed by atoms with Gasteiger partial charge in [0.25, 0.3) is 0 Å². The Labute approximate surface area is 121 Å². The van der Waals surface area contributed by atoms with Gasteiger partial charge in [0, 0.05) is 37.1 Å². The van der Waals surface area contributed by atoms with Gasteiger partial charge in [-0.05, 0) is 25.0 Å². The van der Waals surface area contributed by atoms with E-state index >= 15 is 0 Å². The summed E-state index contributed by atoms with van der Waals surface area (Å²) in [6.07, 6.45) is 5.71. The van der Waals surface area contributed by atoms with Crippen molar-refractivity contribution in [2.75, 3.05) is 18.0 Å². The number of aromatic amines is 1. The third kappa shape index (κ3) is 2.69. The van der Waals surface area contributed by atoms with E-state index in [1.165, 1.54) is 5.69 Å². The predicted octanol–water partition coefficient (Wildman–Crippen LogP) is 3.50. The predicted molar refractivity (Wildman–Crippen MR) is 77.0 cm³/mol. The maximum absolute atomic E-state index is 6.23. The van der Waals surface area contributed by atoms with Crippen LogP contribution in [-0.4, -0.2) is 28.3 Å². The number of piperidine rings is 1. The topological polar surface area (TPSA) is 44.8 Å². The van der Waals surface area contributed by atoms with E-state index in [4.69, 9.17) is 23.2 Å². The summed E-state index contributed by atoms with van der Waals surface area (Å²) in [7, 11) is 0. The highest BCUT2D eigenvalue weighted by Crippen LogP contribution is 2.32. The Morgan fingerprint density at radius 2 is 2.26 bits per heavy atom. The molecule has 0 spiro atoms. The second kappa shape index (κ2) is 5.39. The van der Waals surface area contributed by atoms with Crippen LogP contribution >= 0.6 is 23.2 Å². The maximum Gasteiger partial charge on any atom is 0.147 e. The molecule has 0 bridgehead atoms. The molecule has 1 fully saturated rings. The SMILES string of the molecule is Clc1cnc(N2CCCC(c3ccn[nH]3)C2)c(Cl)c1. The van der Waals surface area contributed by atoms with E-state index in [0.717, 1.165) is 31.7 Å². The lowest BCUT2D eigenvalue weighted by molar-refractivity contribution is 0.498. The molecule has 1 N–H and O–H groups in total. The number of rotatable bonds is 2. The average Bonchev–Trinajstić information content (AvgIpc) is 2.93. The van der Waals surface area contributed by atoms with E-state index in [1.54, 1.807) is 18.5 Å². The summed E-state index contributed by atoms with van der Waals surface area (Å²) < 4.78 is 0. The van der Waals surface area contributed by atoms with Crippen LogP contribution in [0.25, 0.3) is 0 Å². The zero-order valence-electron chi connectivity index (χ0n) is 10.3. The van der Waals surface area contributed by atoms with Gasteiger partial charge in [-0.2, -0.15) is 5.10 Å². The highest BCUT2D eigenvalue weighted by atomic mass is 35.5. The Hall–Kier alpha value is -1.26. The molecule has 1 atom stereocenters. The molecule has 0 aromatic carbocycles. The number of hydrogen-bond acceptors (Lipinski definition) is 3. The molecule has 1 aliphatic heterocycles. The Bertz CT molecular complexity index is 556. The smallest absolute Gasteiger partial charge is 0.147 e. The number of aromatic nitrogens is 3. The second-order valence-corrected chi connectivity index (χ2v) is 5.60. The summed E-state index contributed by atoms with van der Waals surface area (Å²) in [6, 6.07) is 3.77. The van der Waals surface area contributed by atoms with Crippen LogP contribution in [0.3, 0.4) is 0 Å². The van der Waals surface area contributed by atoms with Gasteiger partial charge in [-0.3, -0.25) is 5.10 Å². The molecule has 3 heterocycles. The van der Waals surface area contributed by atoms with Crippen LogP contribution in [0, 0.1) is 0 Å². The first-order chi connectivity index (χ1) is 9.24. The van der Waals surface area contributed by atoms with Crippen molar-refractivity contribution in [2.45, 2.75) is 18.8 Å². The number of H-pyrrole nitrogens is 1. The zero-order chi connectivity index (χ0) is 13.2. The van der Waals surface area contributed by atoms with Crippen molar-refractivity contribution >= 4 is 29.0 Å². The summed E-state index contributed by atoms with van der Waals surface area (Å²) in [4.78, 5) is 6.57. The third-order valence-corrected chi connectivity index (χ3v) is 3.96. The van der Waals surface area contributed by atoms with Gasteiger partial charge < -0.3 is 4.90 Å². The highest BCUT2D eigenvalue weighted by Gasteiger charge is 2.24. The van der Waals surface area contributed by atoms with Gasteiger partial charge in [0.2, 0.25) is 0 Å². The summed E-state index contributed by atoms with van der Waals surface area (Å²) in [5.41, 5.74) is 1.18. The standard InChI is InChI=1S/C13H14Cl2N4/c14-10-6-11(15)13(16-7-10)19-5-1-2-9(8-19)12-3-4-17-18-12/h3-4,6-7,9H,1-2,5,8H2,(H,17,18). The molecule has 0 amide bonds. The van der Waals surface area contributed by atoms with Gasteiger partial charge >= 0.3 is 0 Å². The lowest BCUT2D eigenvalue weighted by atomic mass is 9.95. The molecule has 4 nitrogen and oxygen atoms in total. The van der Waals surface area contributed by atoms with Crippen LogP contribution in [0.5, 0.6) is 0 Å². The molecule has 1 aliphatic rings. The summed E-state index contributed by atoms with van der Waals surface area (Å²) in [5, 5.41) is 8.25. The van der Waals surface area contributed by atoms with Gasteiger partial charge in [0.15, 0.2) is 0 Å². The van der Waals surface area contributed by atoms with Crippen molar-refractivity contribution in [1.29, 1.82) is 0 Å². The molecular formula is C13H14Cl2N4. The van der Waals surface area contributed by atoms with Crippen molar-refractivity contribution < 1.29 is 0 Å². The Morgan fingerprint density at radius 1 is 1.37 bits per heavy atom. The quantitative estimate of drug-likeness (QED) is 0.922. The van der Waals surface area contributed by atoms with E-state index in [1.807, 2.05) is 6.07 Å². The normalized spacial score (nSPS) is 19.7. The van der Waals surface area contributed by atoms with Crippen molar-refractivity contribution in [3.8, 4) is 0 Å². The summed E-state index contributed by atoms with van der Waals surface area (Å²) in [5.74, 6) is 1.26. The number of pyridine rings is 1. The lowest BCUT2D eigenvalue weighted by Crippen LogP contribution is -2.35. The van der Waals surface area contributed by atoms with Gasteiger partial charge in [0.1, 0.15) is 5.82 Å². The maximum atomic E-state index is 6.23. The zero-order valence-corrected chi connectivity index (χ0v) is 11.8. The number of anilines is 1. The fourth-order valence-corrected chi connectivity index (χ4v) is 3.06. The minimum Gasteiger partial charge on any atom is -0.355 e. The molecule has 0 aliphatic carbocycles. The van der Waals surface area contributed by atoms with Gasteiger partial charge in [0.05, 0.1) is 10.0 Å². The van der Waals surface area contributed by atoms with Crippen LogP contribution < -0.4 is 4.90 Å². The molecule has 1 saturated heterocycles. The van der Waals surface area contributed by atoms with Crippen molar-refractivity contribution in [3.05, 3.63) is 40.3 Å². The van der Waals surface area contributed by atoms with Crippen molar-refractivity contribution in [3.63, 3.8) is 0 Å². The molecule has 2 aromatic rings. The Balaban J connectivity index is 1.81. The Kier molecular flexibility index (Phi) is 3.62. The minimum absolute atomic E-state index is 0.449. The fourth-order valence-electron chi connectivity index (χ4n) is 2.56. The minimum atomic E-state index is 0.449. The molecule has 6 heteroatoms. The van der Waals surface area contributed by atoms with Gasteiger partial charge in [-0.15, -0.1) is 0 Å². The summed E-state index contributed by atoms with van der Waals surface area (Å²) in [6.45, 7) is 1.87.